The minimum absolute atomic E-state index is 0.234. The Morgan fingerprint density at radius 2 is 1.94 bits per heavy atom. The van der Waals surface area contributed by atoms with E-state index in [0.29, 0.717) is 0 Å². The van der Waals surface area contributed by atoms with Crippen LogP contribution in [0.1, 0.15) is 6.92 Å². The number of nitrogens with zero attached hydrogens (tertiary/aromatic N) is 3. The van der Waals surface area contributed by atoms with Gasteiger partial charge >= 0.3 is 0 Å². The van der Waals surface area contributed by atoms with Crippen molar-refractivity contribution in [2.24, 2.45) is 0 Å². The number of aliphatic hydroxyl groups excluding tert-OH is 2. The van der Waals surface area contributed by atoms with Gasteiger partial charge in [-0.3, -0.25) is 0 Å². The molecule has 0 bridgehead atoms. The molecule has 17 heavy (non-hydrogen) atoms. The Balaban J connectivity index is 2.12. The lowest BCUT2D eigenvalue weighted by molar-refractivity contribution is 0.0183. The first kappa shape index (κ1) is 11.8. The summed E-state index contributed by atoms with van der Waals surface area (Å²) in [7, 11) is 0. The molecule has 0 aliphatic rings. The molecule has 2 atom stereocenters. The highest BCUT2D eigenvalue weighted by molar-refractivity contribution is 5.57. The molecular formula is C12H15N3O2. The maximum Gasteiger partial charge on any atom is 0.113 e. The van der Waals surface area contributed by atoms with E-state index in [1.165, 1.54) is 4.68 Å². The van der Waals surface area contributed by atoms with Crippen LogP contribution in [0.25, 0.3) is 11.3 Å². The van der Waals surface area contributed by atoms with Crippen LogP contribution in [0.2, 0.25) is 0 Å². The van der Waals surface area contributed by atoms with Gasteiger partial charge in [0.05, 0.1) is 24.9 Å². The molecule has 0 spiro atoms. The van der Waals surface area contributed by atoms with Crippen molar-refractivity contribution in [1.29, 1.82) is 0 Å². The van der Waals surface area contributed by atoms with Gasteiger partial charge < -0.3 is 10.2 Å². The van der Waals surface area contributed by atoms with Crippen LogP contribution in [0.4, 0.5) is 0 Å². The third-order valence-electron chi connectivity index (χ3n) is 2.54. The van der Waals surface area contributed by atoms with Crippen molar-refractivity contribution >= 4 is 0 Å². The molecule has 5 heteroatoms. The van der Waals surface area contributed by atoms with Crippen molar-refractivity contribution in [3.8, 4) is 11.3 Å². The van der Waals surface area contributed by atoms with Gasteiger partial charge in [0.15, 0.2) is 0 Å². The summed E-state index contributed by atoms with van der Waals surface area (Å²) in [5.74, 6) is 0. The topological polar surface area (TPSA) is 71.2 Å². The fraction of sp³-hybridized carbons (Fsp3) is 0.333. The second kappa shape index (κ2) is 5.07. The van der Waals surface area contributed by atoms with Gasteiger partial charge in [0, 0.05) is 5.56 Å². The monoisotopic (exact) mass is 233 g/mol. The average molecular weight is 233 g/mol. The Morgan fingerprint density at radius 3 is 2.59 bits per heavy atom. The van der Waals surface area contributed by atoms with Crippen molar-refractivity contribution in [2.45, 2.75) is 25.7 Å². The molecule has 0 aliphatic heterocycles. The van der Waals surface area contributed by atoms with E-state index < -0.39 is 12.2 Å². The van der Waals surface area contributed by atoms with Crippen LogP contribution in [0.3, 0.4) is 0 Å². The highest BCUT2D eigenvalue weighted by Gasteiger charge is 2.13. The van der Waals surface area contributed by atoms with Crippen molar-refractivity contribution in [3.63, 3.8) is 0 Å². The maximum atomic E-state index is 9.52. The summed E-state index contributed by atoms with van der Waals surface area (Å²) in [6.07, 6.45) is 0.140. The van der Waals surface area contributed by atoms with E-state index in [4.69, 9.17) is 0 Å². The highest BCUT2D eigenvalue weighted by Crippen LogP contribution is 2.14. The Morgan fingerprint density at radius 1 is 1.24 bits per heavy atom. The summed E-state index contributed by atoms with van der Waals surface area (Å²) in [4.78, 5) is 0. The molecule has 0 amide bonds. The lowest BCUT2D eigenvalue weighted by Crippen LogP contribution is -2.27. The number of hydrogen-bond donors (Lipinski definition) is 2. The molecule has 1 heterocycles. The zero-order valence-electron chi connectivity index (χ0n) is 9.56. The van der Waals surface area contributed by atoms with Gasteiger partial charge in [0.1, 0.15) is 5.69 Å². The maximum absolute atomic E-state index is 9.52. The predicted octanol–water partition coefficient (Wildman–Crippen LogP) is 0.687. The summed E-state index contributed by atoms with van der Waals surface area (Å²) < 4.78 is 1.53. The first-order chi connectivity index (χ1) is 8.16. The van der Waals surface area contributed by atoms with Gasteiger partial charge in [-0.1, -0.05) is 35.5 Å². The van der Waals surface area contributed by atoms with E-state index in [9.17, 15) is 10.2 Å². The number of rotatable bonds is 4. The highest BCUT2D eigenvalue weighted by atomic mass is 16.3. The second-order valence-corrected chi connectivity index (χ2v) is 4.00. The van der Waals surface area contributed by atoms with Crippen LogP contribution in [0.5, 0.6) is 0 Å². The molecule has 1 aromatic carbocycles. The SMILES string of the molecule is C[C@H](O)C(O)Cn1cc(-c2ccccc2)nn1. The van der Waals surface area contributed by atoms with Crippen molar-refractivity contribution in [1.82, 2.24) is 15.0 Å². The van der Waals surface area contributed by atoms with E-state index in [-0.39, 0.29) is 6.54 Å². The van der Waals surface area contributed by atoms with Crippen molar-refractivity contribution in [2.75, 3.05) is 0 Å². The minimum Gasteiger partial charge on any atom is -0.391 e. The number of aromatic nitrogens is 3. The normalized spacial score (nSPS) is 14.5. The smallest absolute Gasteiger partial charge is 0.113 e. The fourth-order valence-corrected chi connectivity index (χ4v) is 1.47. The standard InChI is InChI=1S/C12H15N3O2/c1-9(16)12(17)8-15-7-11(13-14-15)10-5-3-2-4-6-10/h2-7,9,12,16-17H,8H2,1H3/t9-,12?/m0/s1. The molecule has 2 aromatic rings. The van der Waals surface area contributed by atoms with Crippen molar-refractivity contribution in [3.05, 3.63) is 36.5 Å². The van der Waals surface area contributed by atoms with Gasteiger partial charge in [-0.25, -0.2) is 4.68 Å². The lowest BCUT2D eigenvalue weighted by atomic mass is 10.2. The molecule has 1 unspecified atom stereocenters. The van der Waals surface area contributed by atoms with Gasteiger partial charge in [-0.2, -0.15) is 0 Å². The molecule has 0 saturated heterocycles. The van der Waals surface area contributed by atoms with Crippen LogP contribution in [-0.2, 0) is 6.54 Å². The molecule has 90 valence electrons. The summed E-state index contributed by atoms with van der Waals surface area (Å²) in [5.41, 5.74) is 1.73. The number of hydrogen-bond acceptors (Lipinski definition) is 4. The molecule has 2 N–H and O–H groups in total. The summed E-state index contributed by atoms with van der Waals surface area (Å²) in [6, 6.07) is 9.68. The largest absolute Gasteiger partial charge is 0.391 e. The lowest BCUT2D eigenvalue weighted by Gasteiger charge is -2.12. The van der Waals surface area contributed by atoms with Gasteiger partial charge in [0.2, 0.25) is 0 Å². The van der Waals surface area contributed by atoms with Crippen LogP contribution >= 0.6 is 0 Å². The Labute approximate surface area is 99.3 Å². The van der Waals surface area contributed by atoms with Gasteiger partial charge in [-0.15, -0.1) is 5.10 Å². The summed E-state index contributed by atoms with van der Waals surface area (Å²) in [5, 5.41) is 26.6. The molecular weight excluding hydrogens is 218 g/mol. The third kappa shape index (κ3) is 2.89. The summed E-state index contributed by atoms with van der Waals surface area (Å²) >= 11 is 0. The van der Waals surface area contributed by atoms with Crippen LogP contribution in [-0.4, -0.2) is 37.4 Å². The van der Waals surface area contributed by atoms with Gasteiger partial charge in [-0.05, 0) is 6.92 Å². The average Bonchev–Trinajstić information content (AvgIpc) is 2.78. The van der Waals surface area contributed by atoms with Crippen LogP contribution in [0, 0.1) is 0 Å². The fourth-order valence-electron chi connectivity index (χ4n) is 1.47. The number of aliphatic hydroxyl groups is 2. The molecule has 0 saturated carbocycles. The summed E-state index contributed by atoms with van der Waals surface area (Å²) in [6.45, 7) is 1.78. The third-order valence-corrected chi connectivity index (χ3v) is 2.54. The minimum atomic E-state index is -0.833. The first-order valence-electron chi connectivity index (χ1n) is 5.48. The zero-order chi connectivity index (χ0) is 12.3. The van der Waals surface area contributed by atoms with E-state index in [1.807, 2.05) is 30.3 Å². The Hall–Kier alpha value is -1.72. The molecule has 2 rings (SSSR count). The van der Waals surface area contributed by atoms with Crippen LogP contribution < -0.4 is 0 Å². The van der Waals surface area contributed by atoms with Crippen LogP contribution in [0.15, 0.2) is 36.5 Å². The zero-order valence-corrected chi connectivity index (χ0v) is 9.56. The number of benzene rings is 1. The van der Waals surface area contributed by atoms with Gasteiger partial charge in [0.25, 0.3) is 0 Å². The molecule has 0 fully saturated rings. The van der Waals surface area contributed by atoms with Crippen molar-refractivity contribution < 1.29 is 10.2 Å². The Bertz CT molecular complexity index is 468. The van der Waals surface area contributed by atoms with E-state index >= 15 is 0 Å². The van der Waals surface area contributed by atoms with E-state index in [1.54, 1.807) is 13.1 Å². The molecule has 0 aliphatic carbocycles. The molecule has 5 nitrogen and oxygen atoms in total. The quantitative estimate of drug-likeness (QED) is 0.815. The van der Waals surface area contributed by atoms with E-state index in [2.05, 4.69) is 10.3 Å². The predicted molar refractivity (Wildman–Crippen MR) is 63.1 cm³/mol. The Kier molecular flexibility index (Phi) is 3.51. The second-order valence-electron chi connectivity index (χ2n) is 4.00. The van der Waals surface area contributed by atoms with E-state index in [0.717, 1.165) is 11.3 Å². The first-order valence-corrected chi connectivity index (χ1v) is 5.48. The molecule has 1 aromatic heterocycles. The molecule has 0 radical (unpaired) electrons.